The van der Waals surface area contributed by atoms with Crippen LogP contribution in [0.5, 0.6) is 0 Å². The van der Waals surface area contributed by atoms with E-state index in [9.17, 15) is 13.2 Å². The number of hydrogen-bond acceptors (Lipinski definition) is 5. The molecule has 4 rings (SSSR count). The van der Waals surface area contributed by atoms with E-state index in [-0.39, 0.29) is 10.8 Å². The van der Waals surface area contributed by atoms with Crippen LogP contribution in [-0.4, -0.2) is 54.5 Å². The van der Waals surface area contributed by atoms with Crippen molar-refractivity contribution < 1.29 is 17.9 Å². The Kier molecular flexibility index (Phi) is 5.71. The Hall–Kier alpha value is -2.23. The first-order chi connectivity index (χ1) is 13.9. The number of fused-ring (bicyclic) bond motifs is 1. The van der Waals surface area contributed by atoms with Crippen LogP contribution in [0, 0.1) is 6.92 Å². The van der Waals surface area contributed by atoms with Gasteiger partial charge in [-0.25, -0.2) is 13.4 Å². The van der Waals surface area contributed by atoms with E-state index >= 15 is 0 Å². The van der Waals surface area contributed by atoms with Crippen LogP contribution in [0.3, 0.4) is 0 Å². The zero-order valence-corrected chi connectivity index (χ0v) is 17.4. The smallest absolute Gasteiger partial charge is 0.251 e. The number of aryl methyl sites for hydroxylation is 3. The quantitative estimate of drug-likeness (QED) is 0.794. The van der Waals surface area contributed by atoms with Crippen molar-refractivity contribution in [3.05, 3.63) is 47.0 Å². The number of benzene rings is 1. The third-order valence-electron chi connectivity index (χ3n) is 5.45. The summed E-state index contributed by atoms with van der Waals surface area (Å²) in [4.78, 5) is 17.5. The van der Waals surface area contributed by atoms with E-state index in [0.717, 1.165) is 42.9 Å². The number of sulfonamides is 1. The maximum Gasteiger partial charge on any atom is 0.251 e. The molecule has 0 saturated carbocycles. The van der Waals surface area contributed by atoms with Crippen LogP contribution in [0.1, 0.15) is 40.3 Å². The minimum absolute atomic E-state index is 0.132. The maximum absolute atomic E-state index is 12.9. The minimum atomic E-state index is -3.65. The molecular formula is C20H26N4O4S. The highest BCUT2D eigenvalue weighted by Crippen LogP contribution is 2.21. The highest BCUT2D eigenvalue weighted by atomic mass is 32.2. The molecule has 1 fully saturated rings. The molecule has 1 aromatic carbocycles. The van der Waals surface area contributed by atoms with Crippen LogP contribution in [0.25, 0.3) is 0 Å². The van der Waals surface area contributed by atoms with Crippen molar-refractivity contribution in [3.63, 3.8) is 0 Å². The molecule has 0 atom stereocenters. The van der Waals surface area contributed by atoms with Crippen molar-refractivity contribution in [2.24, 2.45) is 0 Å². The average Bonchev–Trinajstić information content (AvgIpc) is 3.16. The van der Waals surface area contributed by atoms with Crippen molar-refractivity contribution in [1.82, 2.24) is 19.2 Å². The maximum atomic E-state index is 12.9. The molecule has 1 aromatic heterocycles. The predicted molar refractivity (Wildman–Crippen MR) is 107 cm³/mol. The lowest BCUT2D eigenvalue weighted by atomic mass is 10.1. The van der Waals surface area contributed by atoms with Gasteiger partial charge in [-0.05, 0) is 37.5 Å². The van der Waals surface area contributed by atoms with Gasteiger partial charge in [-0.1, -0.05) is 6.07 Å². The van der Waals surface area contributed by atoms with E-state index < -0.39 is 10.0 Å². The number of nitrogens with one attached hydrogen (secondary N) is 1. The fourth-order valence-corrected chi connectivity index (χ4v) is 5.20. The molecular weight excluding hydrogens is 392 g/mol. The number of nitrogens with zero attached hydrogens (tertiary/aromatic N) is 3. The second-order valence-electron chi connectivity index (χ2n) is 7.47. The Morgan fingerprint density at radius 1 is 1.21 bits per heavy atom. The largest absolute Gasteiger partial charge is 0.379 e. The fraction of sp³-hybridized carbons (Fsp3) is 0.500. The number of aromatic nitrogens is 2. The standard InChI is InChI=1S/C20H26N4O4S/c1-15-5-6-17(29(26,27)24-8-10-28-11-9-24)12-18(15)20(25)21-13-16-14-23-7-3-2-4-19(23)22-16/h5-6,12,14H,2-4,7-11,13H2,1H3,(H,21,25). The van der Waals surface area contributed by atoms with E-state index in [0.29, 0.717) is 38.4 Å². The van der Waals surface area contributed by atoms with Crippen LogP contribution in [-0.2, 0) is 34.3 Å². The lowest BCUT2D eigenvalue weighted by molar-refractivity contribution is 0.0730. The van der Waals surface area contributed by atoms with Gasteiger partial charge in [0.2, 0.25) is 10.0 Å². The van der Waals surface area contributed by atoms with Crippen LogP contribution in [0.15, 0.2) is 29.3 Å². The van der Waals surface area contributed by atoms with E-state index in [1.54, 1.807) is 19.1 Å². The van der Waals surface area contributed by atoms with Gasteiger partial charge in [-0.2, -0.15) is 4.31 Å². The second-order valence-corrected chi connectivity index (χ2v) is 9.41. The molecule has 29 heavy (non-hydrogen) atoms. The van der Waals surface area contributed by atoms with Gasteiger partial charge in [0, 0.05) is 37.8 Å². The van der Waals surface area contributed by atoms with Gasteiger partial charge in [0.05, 0.1) is 30.3 Å². The summed E-state index contributed by atoms with van der Waals surface area (Å²) in [5.41, 5.74) is 1.92. The van der Waals surface area contributed by atoms with Gasteiger partial charge in [0.25, 0.3) is 5.91 Å². The summed E-state index contributed by atoms with van der Waals surface area (Å²) in [7, 11) is -3.65. The Morgan fingerprint density at radius 2 is 2.00 bits per heavy atom. The number of rotatable bonds is 5. The number of imidazole rings is 1. The van der Waals surface area contributed by atoms with E-state index in [2.05, 4.69) is 14.9 Å². The highest BCUT2D eigenvalue weighted by Gasteiger charge is 2.27. The van der Waals surface area contributed by atoms with Gasteiger partial charge in [-0.15, -0.1) is 0 Å². The Morgan fingerprint density at radius 3 is 2.76 bits per heavy atom. The molecule has 1 amide bonds. The number of amides is 1. The Labute approximate surface area is 170 Å². The molecule has 1 saturated heterocycles. The van der Waals surface area contributed by atoms with Gasteiger partial charge in [-0.3, -0.25) is 4.79 Å². The number of carbonyl (C=O) groups is 1. The topological polar surface area (TPSA) is 93.5 Å². The first-order valence-corrected chi connectivity index (χ1v) is 11.4. The average molecular weight is 419 g/mol. The zero-order chi connectivity index (χ0) is 20.4. The van der Waals surface area contributed by atoms with Gasteiger partial charge < -0.3 is 14.6 Å². The molecule has 0 radical (unpaired) electrons. The fourth-order valence-electron chi connectivity index (χ4n) is 3.77. The van der Waals surface area contributed by atoms with E-state index in [1.807, 2.05) is 6.20 Å². The van der Waals surface area contributed by atoms with Crippen LogP contribution >= 0.6 is 0 Å². The third-order valence-corrected chi connectivity index (χ3v) is 7.34. The first-order valence-electron chi connectivity index (χ1n) is 9.97. The van der Waals surface area contributed by atoms with Crippen LogP contribution in [0.2, 0.25) is 0 Å². The van der Waals surface area contributed by atoms with Crippen molar-refractivity contribution in [1.29, 1.82) is 0 Å². The minimum Gasteiger partial charge on any atom is -0.379 e. The van der Waals surface area contributed by atoms with Crippen LogP contribution in [0.4, 0.5) is 0 Å². The molecule has 8 nitrogen and oxygen atoms in total. The van der Waals surface area contributed by atoms with Crippen molar-refractivity contribution in [2.45, 2.75) is 44.2 Å². The summed E-state index contributed by atoms with van der Waals surface area (Å²) in [5.74, 6) is 0.766. The van der Waals surface area contributed by atoms with Crippen molar-refractivity contribution in [2.75, 3.05) is 26.3 Å². The SMILES string of the molecule is Cc1ccc(S(=O)(=O)N2CCOCC2)cc1C(=O)NCc1cn2c(n1)CCCC2. The molecule has 2 aromatic rings. The summed E-state index contributed by atoms with van der Waals surface area (Å²) < 4.78 is 34.6. The van der Waals surface area contributed by atoms with Gasteiger partial charge >= 0.3 is 0 Å². The third kappa shape index (κ3) is 4.22. The summed E-state index contributed by atoms with van der Waals surface area (Å²) in [6, 6.07) is 4.70. The molecule has 0 spiro atoms. The predicted octanol–water partition coefficient (Wildman–Crippen LogP) is 1.48. The molecule has 156 valence electrons. The molecule has 1 N–H and O–H groups in total. The molecule has 0 unspecified atom stereocenters. The van der Waals surface area contributed by atoms with Crippen molar-refractivity contribution in [3.8, 4) is 0 Å². The second kappa shape index (κ2) is 8.25. The number of carbonyl (C=O) groups excluding carboxylic acids is 1. The summed E-state index contributed by atoms with van der Waals surface area (Å²) in [6.07, 6.45) is 5.25. The summed E-state index contributed by atoms with van der Waals surface area (Å²) in [6.45, 7) is 4.50. The lowest BCUT2D eigenvalue weighted by Crippen LogP contribution is -2.40. The Balaban J connectivity index is 1.49. The molecule has 0 aliphatic carbocycles. The molecule has 9 heteroatoms. The monoisotopic (exact) mass is 418 g/mol. The summed E-state index contributed by atoms with van der Waals surface area (Å²) >= 11 is 0. The molecule has 0 bridgehead atoms. The van der Waals surface area contributed by atoms with Crippen molar-refractivity contribution >= 4 is 15.9 Å². The molecule has 2 aliphatic rings. The summed E-state index contributed by atoms with van der Waals surface area (Å²) in [5, 5.41) is 2.88. The van der Waals surface area contributed by atoms with E-state index in [1.165, 1.54) is 10.4 Å². The first kappa shape index (κ1) is 20.1. The Bertz CT molecular complexity index is 986. The van der Waals surface area contributed by atoms with Gasteiger partial charge in [0.1, 0.15) is 5.82 Å². The highest BCUT2D eigenvalue weighted by molar-refractivity contribution is 7.89. The van der Waals surface area contributed by atoms with E-state index in [4.69, 9.17) is 4.74 Å². The molecule has 2 aliphatic heterocycles. The lowest BCUT2D eigenvalue weighted by Gasteiger charge is -2.26. The normalized spacial score (nSPS) is 17.7. The van der Waals surface area contributed by atoms with Gasteiger partial charge in [0.15, 0.2) is 0 Å². The van der Waals surface area contributed by atoms with Crippen LogP contribution < -0.4 is 5.32 Å². The number of hydrogen-bond donors (Lipinski definition) is 1. The zero-order valence-electron chi connectivity index (χ0n) is 16.6. The number of morpholine rings is 1. The number of ether oxygens (including phenoxy) is 1. The molecule has 3 heterocycles.